The highest BCUT2D eigenvalue weighted by Crippen LogP contribution is 2.25. The Morgan fingerprint density at radius 2 is 1.80 bits per heavy atom. The summed E-state index contributed by atoms with van der Waals surface area (Å²) in [7, 11) is 0. The molecule has 0 fully saturated rings. The van der Waals surface area contributed by atoms with Crippen molar-refractivity contribution in [3.8, 4) is 17.0 Å². The van der Waals surface area contributed by atoms with Crippen LogP contribution in [0.1, 0.15) is 37.0 Å². The first-order valence-electron chi connectivity index (χ1n) is 11.4. The highest BCUT2D eigenvalue weighted by molar-refractivity contribution is 5.96. The Bertz CT molecular complexity index is 1120. The number of hydrogen-bond donors (Lipinski definition) is 2. The maximum atomic E-state index is 12.5. The molecule has 3 rings (SSSR count). The van der Waals surface area contributed by atoms with Gasteiger partial charge in [-0.3, -0.25) is 10.1 Å². The molecule has 2 N–H and O–H groups in total. The van der Waals surface area contributed by atoms with Crippen molar-refractivity contribution in [1.29, 1.82) is 0 Å². The van der Waals surface area contributed by atoms with Gasteiger partial charge in [-0.05, 0) is 43.7 Å². The zero-order valence-electron chi connectivity index (χ0n) is 19.7. The number of benzene rings is 1. The van der Waals surface area contributed by atoms with Crippen LogP contribution >= 0.6 is 0 Å². The van der Waals surface area contributed by atoms with Crippen LogP contribution in [0.3, 0.4) is 0 Å². The van der Waals surface area contributed by atoms with E-state index in [0.29, 0.717) is 37.2 Å². The van der Waals surface area contributed by atoms with Crippen LogP contribution in [0.15, 0.2) is 48.8 Å². The maximum absolute atomic E-state index is 12.5. The van der Waals surface area contributed by atoms with Crippen molar-refractivity contribution in [3.05, 3.63) is 64.5 Å². The number of unbranched alkanes of at least 4 members (excludes halogenated alkanes) is 1. The molecule has 2 heterocycles. The standard InChI is InChI=1S/C24H28N6O5/c1-3-5-14-35-19-9-6-17(7-10-19)22-20(23(31)34-4-2)16-28-24(29-22)26-13-12-25-21-11-8-18(15-27-21)30(32)33/h6-11,15-16H,3-5,12-14H2,1-2H3,(H,25,27)(H,26,28,29). The van der Waals surface area contributed by atoms with Crippen molar-refractivity contribution in [1.82, 2.24) is 15.0 Å². The second-order valence-electron chi connectivity index (χ2n) is 7.42. The molecule has 0 spiro atoms. The first-order valence-corrected chi connectivity index (χ1v) is 11.4. The zero-order chi connectivity index (χ0) is 25.0. The lowest BCUT2D eigenvalue weighted by Crippen LogP contribution is -2.17. The van der Waals surface area contributed by atoms with Crippen LogP contribution < -0.4 is 15.4 Å². The summed E-state index contributed by atoms with van der Waals surface area (Å²) < 4.78 is 10.9. The van der Waals surface area contributed by atoms with Gasteiger partial charge >= 0.3 is 5.97 Å². The number of ether oxygens (including phenoxy) is 2. The molecule has 0 atom stereocenters. The van der Waals surface area contributed by atoms with Gasteiger partial charge in [0.2, 0.25) is 5.95 Å². The van der Waals surface area contributed by atoms with Gasteiger partial charge in [-0.25, -0.2) is 19.7 Å². The van der Waals surface area contributed by atoms with Gasteiger partial charge in [0.1, 0.15) is 23.3 Å². The number of aromatic nitrogens is 3. The third kappa shape index (κ3) is 7.36. The van der Waals surface area contributed by atoms with Gasteiger partial charge in [0.05, 0.1) is 23.8 Å². The van der Waals surface area contributed by atoms with Gasteiger partial charge in [-0.15, -0.1) is 0 Å². The molecule has 0 saturated carbocycles. The van der Waals surface area contributed by atoms with Crippen LogP contribution in [-0.4, -0.2) is 52.1 Å². The van der Waals surface area contributed by atoms with E-state index in [4.69, 9.17) is 9.47 Å². The van der Waals surface area contributed by atoms with E-state index in [-0.39, 0.29) is 17.9 Å². The SMILES string of the molecule is CCCCOc1ccc(-c2nc(NCCNc3ccc([N+](=O)[O-])cn3)ncc2C(=O)OCC)cc1. The highest BCUT2D eigenvalue weighted by Gasteiger charge is 2.17. The summed E-state index contributed by atoms with van der Waals surface area (Å²) in [5, 5.41) is 16.9. The van der Waals surface area contributed by atoms with E-state index in [1.807, 2.05) is 24.3 Å². The molecule has 184 valence electrons. The summed E-state index contributed by atoms with van der Waals surface area (Å²) in [6.07, 6.45) is 4.67. The number of carbonyl (C=O) groups is 1. The Morgan fingerprint density at radius 3 is 2.46 bits per heavy atom. The molecule has 1 aromatic carbocycles. The molecule has 0 unspecified atom stereocenters. The molecule has 11 nitrogen and oxygen atoms in total. The number of nitrogens with one attached hydrogen (secondary N) is 2. The largest absolute Gasteiger partial charge is 0.494 e. The topological polar surface area (TPSA) is 141 Å². The number of pyridine rings is 1. The number of carbonyl (C=O) groups excluding carboxylic acids is 1. The van der Waals surface area contributed by atoms with E-state index in [9.17, 15) is 14.9 Å². The molecular weight excluding hydrogens is 452 g/mol. The Hall–Kier alpha value is -4.28. The van der Waals surface area contributed by atoms with Crippen LogP contribution in [-0.2, 0) is 4.74 Å². The predicted octanol–water partition coefficient (Wildman–Crippen LogP) is 4.33. The van der Waals surface area contributed by atoms with Gasteiger partial charge in [0, 0.05) is 30.9 Å². The van der Waals surface area contributed by atoms with Crippen LogP contribution in [0, 0.1) is 10.1 Å². The van der Waals surface area contributed by atoms with Crippen molar-refractivity contribution >= 4 is 23.4 Å². The summed E-state index contributed by atoms with van der Waals surface area (Å²) >= 11 is 0. The van der Waals surface area contributed by atoms with Crippen molar-refractivity contribution in [2.45, 2.75) is 26.7 Å². The molecule has 0 radical (unpaired) electrons. The summed E-state index contributed by atoms with van der Waals surface area (Å²) in [6.45, 7) is 5.64. The number of hydrogen-bond acceptors (Lipinski definition) is 10. The second kappa shape index (κ2) is 12.8. The number of nitro groups is 1. The number of nitrogens with zero attached hydrogens (tertiary/aromatic N) is 4. The molecule has 3 aromatic rings. The fourth-order valence-electron chi connectivity index (χ4n) is 3.05. The normalized spacial score (nSPS) is 10.5. The lowest BCUT2D eigenvalue weighted by molar-refractivity contribution is -0.385. The summed E-state index contributed by atoms with van der Waals surface area (Å²) in [6, 6.07) is 10.3. The van der Waals surface area contributed by atoms with Crippen LogP contribution in [0.4, 0.5) is 17.5 Å². The minimum Gasteiger partial charge on any atom is -0.494 e. The molecule has 0 amide bonds. The summed E-state index contributed by atoms with van der Waals surface area (Å²) in [4.78, 5) is 35.5. The number of anilines is 2. The average molecular weight is 481 g/mol. The Kier molecular flexibility index (Phi) is 9.29. The monoisotopic (exact) mass is 480 g/mol. The van der Waals surface area contributed by atoms with Gasteiger partial charge in [0.25, 0.3) is 5.69 Å². The minimum atomic E-state index is -0.500. The smallest absolute Gasteiger partial charge is 0.341 e. The van der Waals surface area contributed by atoms with Gasteiger partial charge < -0.3 is 20.1 Å². The molecule has 11 heteroatoms. The third-order valence-corrected chi connectivity index (χ3v) is 4.85. The van der Waals surface area contributed by atoms with Gasteiger partial charge in [-0.2, -0.15) is 0 Å². The van der Waals surface area contributed by atoms with E-state index in [2.05, 4.69) is 32.5 Å². The predicted molar refractivity (Wildman–Crippen MR) is 132 cm³/mol. The maximum Gasteiger partial charge on any atom is 0.341 e. The summed E-state index contributed by atoms with van der Waals surface area (Å²) in [5.74, 6) is 1.11. The summed E-state index contributed by atoms with van der Waals surface area (Å²) in [5.41, 5.74) is 1.38. The fraction of sp³-hybridized carbons (Fsp3) is 0.333. The van der Waals surface area contributed by atoms with Crippen molar-refractivity contribution < 1.29 is 19.2 Å². The minimum absolute atomic E-state index is 0.0724. The molecule has 0 aliphatic rings. The Balaban J connectivity index is 1.68. The Labute approximate surface area is 203 Å². The molecule has 0 bridgehead atoms. The Morgan fingerprint density at radius 1 is 1.03 bits per heavy atom. The second-order valence-corrected chi connectivity index (χ2v) is 7.42. The quantitative estimate of drug-likeness (QED) is 0.157. The third-order valence-electron chi connectivity index (χ3n) is 4.85. The lowest BCUT2D eigenvalue weighted by Gasteiger charge is -2.12. The van der Waals surface area contributed by atoms with Crippen molar-refractivity contribution in [3.63, 3.8) is 0 Å². The van der Waals surface area contributed by atoms with Gasteiger partial charge in [-0.1, -0.05) is 13.3 Å². The van der Waals surface area contributed by atoms with Crippen LogP contribution in [0.5, 0.6) is 5.75 Å². The van der Waals surface area contributed by atoms with E-state index in [0.717, 1.165) is 24.2 Å². The van der Waals surface area contributed by atoms with E-state index in [1.54, 1.807) is 6.92 Å². The van der Waals surface area contributed by atoms with E-state index < -0.39 is 10.9 Å². The van der Waals surface area contributed by atoms with Crippen molar-refractivity contribution in [2.24, 2.45) is 0 Å². The fourth-order valence-corrected chi connectivity index (χ4v) is 3.05. The van der Waals surface area contributed by atoms with Gasteiger partial charge in [0.15, 0.2) is 0 Å². The lowest BCUT2D eigenvalue weighted by atomic mass is 10.1. The van der Waals surface area contributed by atoms with Crippen LogP contribution in [0.2, 0.25) is 0 Å². The highest BCUT2D eigenvalue weighted by atomic mass is 16.6. The first kappa shape index (κ1) is 25.3. The number of esters is 1. The molecule has 0 saturated heterocycles. The zero-order valence-corrected chi connectivity index (χ0v) is 19.7. The molecule has 0 aliphatic carbocycles. The van der Waals surface area contributed by atoms with E-state index >= 15 is 0 Å². The van der Waals surface area contributed by atoms with Crippen molar-refractivity contribution in [2.75, 3.05) is 36.9 Å². The average Bonchev–Trinajstić information content (AvgIpc) is 2.87. The number of rotatable bonds is 13. The molecule has 2 aromatic heterocycles. The molecule has 35 heavy (non-hydrogen) atoms. The first-order chi connectivity index (χ1) is 17.0. The van der Waals surface area contributed by atoms with E-state index in [1.165, 1.54) is 24.5 Å². The van der Waals surface area contributed by atoms with Crippen LogP contribution in [0.25, 0.3) is 11.3 Å². The molecule has 0 aliphatic heterocycles. The molecular formula is C24H28N6O5.